The first-order valence-corrected chi connectivity index (χ1v) is 6.44. The van der Waals surface area contributed by atoms with E-state index < -0.39 is 0 Å². The van der Waals surface area contributed by atoms with Crippen LogP contribution in [0.2, 0.25) is 0 Å². The average molecular weight is 258 g/mol. The van der Waals surface area contributed by atoms with Gasteiger partial charge in [0.2, 0.25) is 0 Å². The lowest BCUT2D eigenvalue weighted by atomic mass is 10.3. The number of hydrogen-bond acceptors (Lipinski definition) is 5. The first kappa shape index (κ1) is 11.8. The fourth-order valence-electron chi connectivity index (χ4n) is 2.43. The standard InChI is InChI=1S/C13H18N6/c1-17-10-11(14)13(16-17)19-8-6-18(7-9-19)12-4-2-3-5-15-12/h2-5,10H,6-9,14H2,1H3. The lowest BCUT2D eigenvalue weighted by Crippen LogP contribution is -2.47. The molecule has 6 heteroatoms. The van der Waals surface area contributed by atoms with Gasteiger partial charge in [0, 0.05) is 45.6 Å². The van der Waals surface area contributed by atoms with Crippen molar-refractivity contribution in [2.45, 2.75) is 0 Å². The molecular formula is C13H18N6. The van der Waals surface area contributed by atoms with Gasteiger partial charge in [-0.3, -0.25) is 4.68 Å². The van der Waals surface area contributed by atoms with Crippen LogP contribution in [0.5, 0.6) is 0 Å². The Labute approximate surface area is 112 Å². The second kappa shape index (κ2) is 4.79. The second-order valence-electron chi connectivity index (χ2n) is 4.74. The molecular weight excluding hydrogens is 240 g/mol. The summed E-state index contributed by atoms with van der Waals surface area (Å²) in [5, 5.41) is 4.42. The highest BCUT2D eigenvalue weighted by Gasteiger charge is 2.21. The lowest BCUT2D eigenvalue weighted by Gasteiger charge is -2.35. The van der Waals surface area contributed by atoms with Gasteiger partial charge in [-0.1, -0.05) is 6.07 Å². The molecule has 0 atom stereocenters. The van der Waals surface area contributed by atoms with Crippen molar-refractivity contribution in [3.8, 4) is 0 Å². The molecule has 19 heavy (non-hydrogen) atoms. The van der Waals surface area contributed by atoms with E-state index in [4.69, 9.17) is 5.73 Å². The molecule has 6 nitrogen and oxygen atoms in total. The van der Waals surface area contributed by atoms with Crippen molar-refractivity contribution >= 4 is 17.3 Å². The molecule has 2 aromatic rings. The Hall–Kier alpha value is -2.24. The van der Waals surface area contributed by atoms with E-state index in [2.05, 4.69) is 19.9 Å². The summed E-state index contributed by atoms with van der Waals surface area (Å²) in [6.07, 6.45) is 3.68. The third kappa shape index (κ3) is 2.33. The van der Waals surface area contributed by atoms with Crippen LogP contribution in [0, 0.1) is 0 Å². The fraction of sp³-hybridized carbons (Fsp3) is 0.385. The molecule has 0 aromatic carbocycles. The number of rotatable bonds is 2. The summed E-state index contributed by atoms with van der Waals surface area (Å²) < 4.78 is 1.76. The quantitative estimate of drug-likeness (QED) is 0.860. The fourth-order valence-corrected chi connectivity index (χ4v) is 2.43. The Kier molecular flexibility index (Phi) is 2.98. The minimum absolute atomic E-state index is 0.744. The Balaban J connectivity index is 1.68. The van der Waals surface area contributed by atoms with Crippen molar-refractivity contribution < 1.29 is 0 Å². The highest BCUT2D eigenvalue weighted by molar-refractivity contribution is 5.62. The summed E-state index contributed by atoms with van der Waals surface area (Å²) in [5.74, 6) is 1.93. The molecule has 0 bridgehead atoms. The molecule has 100 valence electrons. The van der Waals surface area contributed by atoms with Gasteiger partial charge in [0.15, 0.2) is 5.82 Å². The molecule has 1 aliphatic rings. The number of nitrogens with zero attached hydrogens (tertiary/aromatic N) is 5. The smallest absolute Gasteiger partial charge is 0.173 e. The zero-order valence-corrected chi connectivity index (χ0v) is 11.0. The molecule has 0 radical (unpaired) electrons. The van der Waals surface area contributed by atoms with Gasteiger partial charge < -0.3 is 15.5 Å². The maximum atomic E-state index is 5.97. The number of nitrogens with two attached hydrogens (primary N) is 1. The summed E-state index contributed by atoms with van der Waals surface area (Å²) in [7, 11) is 1.89. The first-order chi connectivity index (χ1) is 9.24. The van der Waals surface area contributed by atoms with E-state index in [1.807, 2.05) is 37.6 Å². The number of hydrogen-bond donors (Lipinski definition) is 1. The zero-order valence-electron chi connectivity index (χ0n) is 11.0. The summed E-state index contributed by atoms with van der Waals surface area (Å²) in [6.45, 7) is 3.70. The number of pyridine rings is 1. The minimum atomic E-state index is 0.744. The first-order valence-electron chi connectivity index (χ1n) is 6.44. The normalized spacial score (nSPS) is 15.8. The molecule has 1 saturated heterocycles. The SMILES string of the molecule is Cn1cc(N)c(N2CCN(c3ccccn3)CC2)n1. The summed E-state index contributed by atoms with van der Waals surface area (Å²) in [6, 6.07) is 6.00. The molecule has 0 unspecified atom stereocenters. The van der Waals surface area contributed by atoms with E-state index in [1.54, 1.807) is 4.68 Å². The molecule has 2 N–H and O–H groups in total. The third-order valence-corrected chi connectivity index (χ3v) is 3.39. The monoisotopic (exact) mass is 258 g/mol. The number of nitrogen functional groups attached to an aromatic ring is 1. The van der Waals surface area contributed by atoms with Crippen LogP contribution in [0.4, 0.5) is 17.3 Å². The summed E-state index contributed by atoms with van der Waals surface area (Å²) in [4.78, 5) is 8.90. The molecule has 0 aliphatic carbocycles. The van der Waals surface area contributed by atoms with E-state index in [0.717, 1.165) is 43.5 Å². The average Bonchev–Trinajstić information content (AvgIpc) is 2.79. The van der Waals surface area contributed by atoms with Crippen molar-refractivity contribution in [2.75, 3.05) is 41.7 Å². The van der Waals surface area contributed by atoms with Crippen LogP contribution in [-0.4, -0.2) is 40.9 Å². The van der Waals surface area contributed by atoms with Crippen molar-refractivity contribution in [3.63, 3.8) is 0 Å². The summed E-state index contributed by atoms with van der Waals surface area (Å²) in [5.41, 5.74) is 6.71. The number of anilines is 3. The van der Waals surface area contributed by atoms with Gasteiger partial charge in [-0.25, -0.2) is 4.98 Å². The van der Waals surface area contributed by atoms with Crippen LogP contribution < -0.4 is 15.5 Å². The zero-order chi connectivity index (χ0) is 13.2. The topological polar surface area (TPSA) is 63.2 Å². The van der Waals surface area contributed by atoms with Crippen molar-refractivity contribution in [3.05, 3.63) is 30.6 Å². The van der Waals surface area contributed by atoms with Gasteiger partial charge >= 0.3 is 0 Å². The molecule has 3 heterocycles. The Bertz CT molecular complexity index is 542. The van der Waals surface area contributed by atoms with Crippen LogP contribution in [0.3, 0.4) is 0 Å². The van der Waals surface area contributed by atoms with Crippen molar-refractivity contribution in [2.24, 2.45) is 7.05 Å². The second-order valence-corrected chi connectivity index (χ2v) is 4.74. The predicted octanol–water partition coefficient (Wildman–Crippen LogP) is 0.724. The summed E-state index contributed by atoms with van der Waals surface area (Å²) >= 11 is 0. The predicted molar refractivity (Wildman–Crippen MR) is 76.3 cm³/mol. The van der Waals surface area contributed by atoms with Crippen LogP contribution in [-0.2, 0) is 7.05 Å². The highest BCUT2D eigenvalue weighted by atomic mass is 15.4. The van der Waals surface area contributed by atoms with Crippen molar-refractivity contribution in [1.82, 2.24) is 14.8 Å². The van der Waals surface area contributed by atoms with Crippen LogP contribution in [0.15, 0.2) is 30.6 Å². The van der Waals surface area contributed by atoms with Crippen molar-refractivity contribution in [1.29, 1.82) is 0 Å². The molecule has 3 rings (SSSR count). The molecule has 1 fully saturated rings. The van der Waals surface area contributed by atoms with Gasteiger partial charge in [0.25, 0.3) is 0 Å². The van der Waals surface area contributed by atoms with E-state index in [1.165, 1.54) is 0 Å². The van der Waals surface area contributed by atoms with E-state index in [0.29, 0.717) is 0 Å². The van der Waals surface area contributed by atoms with Crippen LogP contribution in [0.25, 0.3) is 0 Å². The van der Waals surface area contributed by atoms with Crippen LogP contribution >= 0.6 is 0 Å². The molecule has 0 saturated carbocycles. The largest absolute Gasteiger partial charge is 0.394 e. The maximum Gasteiger partial charge on any atom is 0.173 e. The van der Waals surface area contributed by atoms with Gasteiger partial charge in [0.1, 0.15) is 5.82 Å². The number of aryl methyl sites for hydroxylation is 1. The molecule has 0 spiro atoms. The molecule has 0 amide bonds. The Morgan fingerprint density at radius 1 is 1.11 bits per heavy atom. The Morgan fingerprint density at radius 2 is 1.84 bits per heavy atom. The van der Waals surface area contributed by atoms with E-state index >= 15 is 0 Å². The molecule has 2 aromatic heterocycles. The van der Waals surface area contributed by atoms with Gasteiger partial charge in [0.05, 0.1) is 5.69 Å². The van der Waals surface area contributed by atoms with Gasteiger partial charge in [-0.2, -0.15) is 5.10 Å². The molecule has 1 aliphatic heterocycles. The Morgan fingerprint density at radius 3 is 2.42 bits per heavy atom. The maximum absolute atomic E-state index is 5.97. The van der Waals surface area contributed by atoms with E-state index in [-0.39, 0.29) is 0 Å². The van der Waals surface area contributed by atoms with E-state index in [9.17, 15) is 0 Å². The lowest BCUT2D eigenvalue weighted by molar-refractivity contribution is 0.634. The number of piperazine rings is 1. The van der Waals surface area contributed by atoms with Gasteiger partial charge in [-0.15, -0.1) is 0 Å². The van der Waals surface area contributed by atoms with Crippen LogP contribution in [0.1, 0.15) is 0 Å². The third-order valence-electron chi connectivity index (χ3n) is 3.39. The van der Waals surface area contributed by atoms with Gasteiger partial charge in [-0.05, 0) is 12.1 Å². The highest BCUT2D eigenvalue weighted by Crippen LogP contribution is 2.22. The number of aromatic nitrogens is 3. The minimum Gasteiger partial charge on any atom is -0.394 e.